The lowest BCUT2D eigenvalue weighted by atomic mass is 10.1. The summed E-state index contributed by atoms with van der Waals surface area (Å²) < 4.78 is 6.00. The number of hydrogen-bond donors (Lipinski definition) is 1. The van der Waals surface area contributed by atoms with E-state index in [1.165, 1.54) is 17.2 Å². The summed E-state index contributed by atoms with van der Waals surface area (Å²) in [7, 11) is 0. The summed E-state index contributed by atoms with van der Waals surface area (Å²) in [4.78, 5) is 0. The number of benzene rings is 2. The van der Waals surface area contributed by atoms with E-state index in [0.717, 1.165) is 25.3 Å². The van der Waals surface area contributed by atoms with E-state index >= 15 is 0 Å². The summed E-state index contributed by atoms with van der Waals surface area (Å²) in [6, 6.07) is 14.7. The molecular formula is C15H17NO. The third kappa shape index (κ3) is 2.42. The van der Waals surface area contributed by atoms with Gasteiger partial charge in [-0.3, -0.25) is 0 Å². The van der Waals surface area contributed by atoms with Crippen LogP contribution in [0.4, 0.5) is 0 Å². The molecule has 1 N–H and O–H groups in total. The van der Waals surface area contributed by atoms with Crippen LogP contribution in [0.25, 0.3) is 10.8 Å². The molecular weight excluding hydrogens is 210 g/mol. The van der Waals surface area contributed by atoms with E-state index in [4.69, 9.17) is 4.74 Å². The van der Waals surface area contributed by atoms with Crippen LogP contribution in [0.5, 0.6) is 5.75 Å². The number of piperidine rings is 1. The summed E-state index contributed by atoms with van der Waals surface area (Å²) in [5.74, 6) is 0.984. The molecule has 2 aromatic carbocycles. The Morgan fingerprint density at radius 1 is 1.06 bits per heavy atom. The first-order valence-electron chi connectivity index (χ1n) is 6.28. The first-order valence-corrected chi connectivity index (χ1v) is 6.28. The topological polar surface area (TPSA) is 21.3 Å². The quantitative estimate of drug-likeness (QED) is 0.851. The third-order valence-electron chi connectivity index (χ3n) is 3.28. The maximum atomic E-state index is 6.00. The van der Waals surface area contributed by atoms with Crippen LogP contribution >= 0.6 is 0 Å². The minimum absolute atomic E-state index is 0.324. The van der Waals surface area contributed by atoms with E-state index in [1.807, 2.05) is 0 Å². The molecule has 1 saturated heterocycles. The molecule has 1 aliphatic heterocycles. The van der Waals surface area contributed by atoms with Gasteiger partial charge in [-0.05, 0) is 42.3 Å². The zero-order valence-corrected chi connectivity index (χ0v) is 9.86. The van der Waals surface area contributed by atoms with Gasteiger partial charge in [0.15, 0.2) is 0 Å². The van der Waals surface area contributed by atoms with Crippen molar-refractivity contribution in [2.75, 3.05) is 13.1 Å². The molecule has 0 radical (unpaired) electrons. The van der Waals surface area contributed by atoms with E-state index in [-0.39, 0.29) is 0 Å². The van der Waals surface area contributed by atoms with Crippen molar-refractivity contribution in [3.63, 3.8) is 0 Å². The molecule has 1 heterocycles. The molecule has 1 aliphatic rings. The van der Waals surface area contributed by atoms with Crippen molar-refractivity contribution in [1.29, 1.82) is 0 Å². The van der Waals surface area contributed by atoms with Gasteiger partial charge in [0.1, 0.15) is 11.9 Å². The highest BCUT2D eigenvalue weighted by molar-refractivity contribution is 5.83. The van der Waals surface area contributed by atoms with Crippen LogP contribution in [0.3, 0.4) is 0 Å². The van der Waals surface area contributed by atoms with Crippen LogP contribution in [0.1, 0.15) is 12.8 Å². The molecule has 0 saturated carbocycles. The van der Waals surface area contributed by atoms with Gasteiger partial charge in [0.05, 0.1) is 0 Å². The Labute approximate surface area is 102 Å². The molecule has 0 unspecified atom stereocenters. The molecule has 0 aromatic heterocycles. The van der Waals surface area contributed by atoms with Gasteiger partial charge in [-0.2, -0.15) is 0 Å². The van der Waals surface area contributed by atoms with Gasteiger partial charge in [-0.1, -0.05) is 30.3 Å². The van der Waals surface area contributed by atoms with E-state index in [2.05, 4.69) is 47.8 Å². The lowest BCUT2D eigenvalue weighted by Gasteiger charge is -2.24. The number of hydrogen-bond acceptors (Lipinski definition) is 2. The number of rotatable bonds is 2. The van der Waals surface area contributed by atoms with Gasteiger partial charge in [-0.25, -0.2) is 0 Å². The highest BCUT2D eigenvalue weighted by atomic mass is 16.5. The van der Waals surface area contributed by atoms with Crippen molar-refractivity contribution in [3.05, 3.63) is 42.5 Å². The predicted octanol–water partition coefficient (Wildman–Crippen LogP) is 2.97. The summed E-state index contributed by atoms with van der Waals surface area (Å²) in [6.07, 6.45) is 2.68. The Hall–Kier alpha value is -1.54. The summed E-state index contributed by atoms with van der Waals surface area (Å²) in [6.45, 7) is 2.09. The van der Waals surface area contributed by atoms with E-state index in [9.17, 15) is 0 Å². The Balaban J connectivity index is 1.80. The number of ether oxygens (including phenoxy) is 1. The first kappa shape index (κ1) is 10.6. The van der Waals surface area contributed by atoms with E-state index in [1.54, 1.807) is 0 Å². The van der Waals surface area contributed by atoms with Crippen LogP contribution in [-0.2, 0) is 0 Å². The predicted molar refractivity (Wildman–Crippen MR) is 70.5 cm³/mol. The second kappa shape index (κ2) is 4.76. The first-order chi connectivity index (χ1) is 8.42. The molecule has 0 bridgehead atoms. The lowest BCUT2D eigenvalue weighted by Crippen LogP contribution is -2.37. The Kier molecular flexibility index (Phi) is 2.97. The summed E-state index contributed by atoms with van der Waals surface area (Å²) >= 11 is 0. The minimum Gasteiger partial charge on any atom is -0.489 e. The van der Waals surface area contributed by atoms with E-state index < -0.39 is 0 Å². The van der Waals surface area contributed by atoms with Crippen LogP contribution in [0, 0.1) is 0 Å². The van der Waals surface area contributed by atoms with Crippen molar-refractivity contribution in [2.24, 2.45) is 0 Å². The monoisotopic (exact) mass is 227 g/mol. The molecule has 2 nitrogen and oxygen atoms in total. The normalized spacial score (nSPS) is 20.4. The Bertz CT molecular complexity index is 503. The fourth-order valence-electron chi connectivity index (χ4n) is 2.35. The van der Waals surface area contributed by atoms with Crippen molar-refractivity contribution < 1.29 is 4.74 Å². The standard InChI is InChI=1S/C15H17NO/c1-2-5-13-10-14(8-7-12(13)4-1)17-15-6-3-9-16-11-15/h1-2,4-5,7-8,10,15-16H,3,6,9,11H2/t15-/m0/s1. The molecule has 88 valence electrons. The smallest absolute Gasteiger partial charge is 0.120 e. The molecule has 0 aliphatic carbocycles. The van der Waals surface area contributed by atoms with Crippen LogP contribution in [-0.4, -0.2) is 19.2 Å². The molecule has 2 aromatic rings. The highest BCUT2D eigenvalue weighted by Gasteiger charge is 2.14. The van der Waals surface area contributed by atoms with Crippen molar-refractivity contribution in [2.45, 2.75) is 18.9 Å². The fourth-order valence-corrected chi connectivity index (χ4v) is 2.35. The average molecular weight is 227 g/mol. The molecule has 0 spiro atoms. The van der Waals surface area contributed by atoms with Gasteiger partial charge in [0, 0.05) is 6.54 Å². The maximum Gasteiger partial charge on any atom is 0.120 e. The van der Waals surface area contributed by atoms with Crippen LogP contribution in [0.15, 0.2) is 42.5 Å². The Morgan fingerprint density at radius 3 is 2.76 bits per heavy atom. The van der Waals surface area contributed by atoms with Gasteiger partial charge in [0.25, 0.3) is 0 Å². The molecule has 17 heavy (non-hydrogen) atoms. The Morgan fingerprint density at radius 2 is 1.94 bits per heavy atom. The SMILES string of the molecule is c1ccc2cc(O[C@H]3CCCNC3)ccc2c1. The molecule has 3 rings (SSSR count). The summed E-state index contributed by atoms with van der Waals surface area (Å²) in [5, 5.41) is 5.88. The highest BCUT2D eigenvalue weighted by Crippen LogP contribution is 2.22. The molecule has 2 heteroatoms. The van der Waals surface area contributed by atoms with Gasteiger partial charge >= 0.3 is 0 Å². The molecule has 1 fully saturated rings. The van der Waals surface area contributed by atoms with Gasteiger partial charge in [-0.15, -0.1) is 0 Å². The lowest BCUT2D eigenvalue weighted by molar-refractivity contribution is 0.167. The average Bonchev–Trinajstić information content (AvgIpc) is 2.40. The number of nitrogens with one attached hydrogen (secondary N) is 1. The summed E-state index contributed by atoms with van der Waals surface area (Å²) in [5.41, 5.74) is 0. The van der Waals surface area contributed by atoms with Crippen molar-refractivity contribution in [3.8, 4) is 5.75 Å². The van der Waals surface area contributed by atoms with Crippen molar-refractivity contribution in [1.82, 2.24) is 5.32 Å². The van der Waals surface area contributed by atoms with Gasteiger partial charge < -0.3 is 10.1 Å². The largest absolute Gasteiger partial charge is 0.489 e. The second-order valence-corrected chi connectivity index (χ2v) is 4.60. The number of fused-ring (bicyclic) bond motifs is 1. The zero-order chi connectivity index (χ0) is 11.5. The molecule has 0 amide bonds. The van der Waals surface area contributed by atoms with Crippen LogP contribution in [0.2, 0.25) is 0 Å². The van der Waals surface area contributed by atoms with E-state index in [0.29, 0.717) is 6.10 Å². The van der Waals surface area contributed by atoms with Crippen LogP contribution < -0.4 is 10.1 Å². The second-order valence-electron chi connectivity index (χ2n) is 4.60. The zero-order valence-electron chi connectivity index (χ0n) is 9.86. The van der Waals surface area contributed by atoms with Crippen molar-refractivity contribution >= 4 is 10.8 Å². The fraction of sp³-hybridized carbons (Fsp3) is 0.333. The minimum atomic E-state index is 0.324. The van der Waals surface area contributed by atoms with Gasteiger partial charge in [0.2, 0.25) is 0 Å². The third-order valence-corrected chi connectivity index (χ3v) is 3.28. The molecule has 1 atom stereocenters. The maximum absolute atomic E-state index is 6.00.